The first-order valence-corrected chi connectivity index (χ1v) is 7.10. The molecule has 2 aromatic rings. The maximum atomic E-state index is 12.2. The fourth-order valence-electron chi connectivity index (χ4n) is 2.65. The van der Waals surface area contributed by atoms with Crippen molar-refractivity contribution in [1.29, 1.82) is 0 Å². The number of aliphatic hydroxyl groups is 1. The van der Waals surface area contributed by atoms with Crippen LogP contribution in [0.5, 0.6) is 0 Å². The molecule has 2 aromatic heterocycles. The molecule has 0 amide bonds. The van der Waals surface area contributed by atoms with Crippen molar-refractivity contribution >= 4 is 5.65 Å². The van der Waals surface area contributed by atoms with Gasteiger partial charge in [-0.3, -0.25) is 14.1 Å². The van der Waals surface area contributed by atoms with E-state index in [0.717, 1.165) is 17.8 Å². The summed E-state index contributed by atoms with van der Waals surface area (Å²) in [5, 5.41) is 9.18. The Kier molecular flexibility index (Phi) is 4.01. The van der Waals surface area contributed by atoms with Crippen LogP contribution in [0.1, 0.15) is 11.3 Å². The second-order valence-corrected chi connectivity index (χ2v) is 5.38. The van der Waals surface area contributed by atoms with Gasteiger partial charge in [0.2, 0.25) is 0 Å². The maximum Gasteiger partial charge on any atom is 0.258 e. The molecular weight excluding hydrogens is 270 g/mol. The first-order valence-electron chi connectivity index (χ1n) is 7.10. The van der Waals surface area contributed by atoms with Crippen molar-refractivity contribution in [2.75, 3.05) is 26.3 Å². The number of ether oxygens (including phenoxy) is 1. The average molecular weight is 289 g/mol. The number of aryl methyl sites for hydroxylation is 1. The van der Waals surface area contributed by atoms with E-state index in [9.17, 15) is 9.90 Å². The third kappa shape index (κ3) is 2.97. The molecule has 112 valence electrons. The second kappa shape index (κ2) is 5.93. The fourth-order valence-corrected chi connectivity index (χ4v) is 2.65. The summed E-state index contributed by atoms with van der Waals surface area (Å²) in [4.78, 5) is 18.9. The summed E-state index contributed by atoms with van der Waals surface area (Å²) in [6.07, 6.45) is 1.58. The van der Waals surface area contributed by atoms with Gasteiger partial charge in [0, 0.05) is 31.9 Å². The lowest BCUT2D eigenvalue weighted by atomic mass is 10.2. The van der Waals surface area contributed by atoms with Crippen LogP contribution < -0.4 is 5.56 Å². The summed E-state index contributed by atoms with van der Waals surface area (Å²) >= 11 is 0. The van der Waals surface area contributed by atoms with Gasteiger partial charge in [0.1, 0.15) is 5.65 Å². The van der Waals surface area contributed by atoms with E-state index in [1.54, 1.807) is 16.7 Å². The SMILES string of the molecule is Cc1cccn2c(=O)cc(CN3CCOC(CO)C3)nc12. The van der Waals surface area contributed by atoms with E-state index in [2.05, 4.69) is 9.88 Å². The number of rotatable bonds is 3. The van der Waals surface area contributed by atoms with E-state index in [4.69, 9.17) is 4.74 Å². The van der Waals surface area contributed by atoms with Crippen molar-refractivity contribution in [3.8, 4) is 0 Å². The largest absolute Gasteiger partial charge is 0.394 e. The molecule has 1 aliphatic rings. The zero-order valence-electron chi connectivity index (χ0n) is 12.0. The molecule has 0 spiro atoms. The van der Waals surface area contributed by atoms with Crippen molar-refractivity contribution in [3.63, 3.8) is 0 Å². The molecule has 0 saturated carbocycles. The zero-order valence-corrected chi connectivity index (χ0v) is 12.0. The van der Waals surface area contributed by atoms with Crippen molar-refractivity contribution in [3.05, 3.63) is 46.0 Å². The van der Waals surface area contributed by atoms with Gasteiger partial charge in [0.25, 0.3) is 5.56 Å². The Morgan fingerprint density at radius 2 is 2.38 bits per heavy atom. The summed E-state index contributed by atoms with van der Waals surface area (Å²) in [6, 6.07) is 5.37. The molecule has 1 N–H and O–H groups in total. The summed E-state index contributed by atoms with van der Waals surface area (Å²) in [7, 11) is 0. The average Bonchev–Trinajstić information content (AvgIpc) is 2.49. The van der Waals surface area contributed by atoms with Crippen molar-refractivity contribution in [2.45, 2.75) is 19.6 Å². The number of hydrogen-bond donors (Lipinski definition) is 1. The Balaban J connectivity index is 1.87. The first kappa shape index (κ1) is 14.2. The Bertz CT molecular complexity index is 698. The van der Waals surface area contributed by atoms with Gasteiger partial charge in [-0.25, -0.2) is 4.98 Å². The highest BCUT2D eigenvalue weighted by molar-refractivity contribution is 5.46. The minimum atomic E-state index is -0.151. The molecule has 0 bridgehead atoms. The Labute approximate surface area is 122 Å². The molecule has 3 rings (SSSR count). The third-order valence-corrected chi connectivity index (χ3v) is 3.75. The summed E-state index contributed by atoms with van der Waals surface area (Å²) in [5.41, 5.74) is 2.37. The molecular formula is C15H19N3O3. The fraction of sp³-hybridized carbons (Fsp3) is 0.467. The molecule has 1 unspecified atom stereocenters. The number of hydrogen-bond acceptors (Lipinski definition) is 5. The lowest BCUT2D eigenvalue weighted by Gasteiger charge is -2.31. The number of aromatic nitrogens is 2. The van der Waals surface area contributed by atoms with Gasteiger partial charge in [-0.05, 0) is 18.6 Å². The Hall–Kier alpha value is -1.76. The number of nitrogens with zero attached hydrogens (tertiary/aromatic N) is 3. The van der Waals surface area contributed by atoms with Crippen LogP contribution in [0, 0.1) is 6.92 Å². The van der Waals surface area contributed by atoms with Crippen LogP contribution in [-0.4, -0.2) is 51.8 Å². The second-order valence-electron chi connectivity index (χ2n) is 5.38. The monoisotopic (exact) mass is 289 g/mol. The van der Waals surface area contributed by atoms with Crippen molar-refractivity contribution in [2.24, 2.45) is 0 Å². The number of morpholine rings is 1. The molecule has 0 radical (unpaired) electrons. The third-order valence-electron chi connectivity index (χ3n) is 3.75. The van der Waals surface area contributed by atoms with Gasteiger partial charge in [-0.15, -0.1) is 0 Å². The number of fused-ring (bicyclic) bond motifs is 1. The highest BCUT2D eigenvalue weighted by Crippen LogP contribution is 2.10. The summed E-state index contributed by atoms with van der Waals surface area (Å²) < 4.78 is 6.99. The minimum absolute atomic E-state index is 0.0173. The highest BCUT2D eigenvalue weighted by Gasteiger charge is 2.20. The van der Waals surface area contributed by atoms with Crippen LogP contribution in [-0.2, 0) is 11.3 Å². The standard InChI is InChI=1S/C15H19N3O3/c1-11-3-2-4-18-14(20)7-12(16-15(11)18)8-17-5-6-21-13(9-17)10-19/h2-4,7,13,19H,5-6,8-10H2,1H3. The quantitative estimate of drug-likeness (QED) is 0.874. The predicted molar refractivity (Wildman–Crippen MR) is 78.3 cm³/mol. The van der Waals surface area contributed by atoms with E-state index >= 15 is 0 Å². The first-order chi connectivity index (χ1) is 10.2. The van der Waals surface area contributed by atoms with Crippen molar-refractivity contribution in [1.82, 2.24) is 14.3 Å². The molecule has 3 heterocycles. The Morgan fingerprint density at radius 1 is 1.52 bits per heavy atom. The van der Waals surface area contributed by atoms with E-state index in [0.29, 0.717) is 25.3 Å². The molecule has 1 fully saturated rings. The minimum Gasteiger partial charge on any atom is -0.394 e. The maximum absolute atomic E-state index is 12.2. The molecule has 6 heteroatoms. The molecule has 6 nitrogen and oxygen atoms in total. The van der Waals surface area contributed by atoms with Crippen LogP contribution in [0.4, 0.5) is 0 Å². The van der Waals surface area contributed by atoms with Crippen LogP contribution in [0.15, 0.2) is 29.2 Å². The summed E-state index contributed by atoms with van der Waals surface area (Å²) in [6.45, 7) is 4.60. The van der Waals surface area contributed by atoms with Crippen molar-refractivity contribution < 1.29 is 9.84 Å². The van der Waals surface area contributed by atoms with Crippen LogP contribution in [0.25, 0.3) is 5.65 Å². The molecule has 1 saturated heterocycles. The van der Waals surface area contributed by atoms with E-state index in [-0.39, 0.29) is 18.3 Å². The van der Waals surface area contributed by atoms with Gasteiger partial charge >= 0.3 is 0 Å². The summed E-state index contributed by atoms with van der Waals surface area (Å²) in [5.74, 6) is 0. The Morgan fingerprint density at radius 3 is 3.19 bits per heavy atom. The molecule has 1 atom stereocenters. The smallest absolute Gasteiger partial charge is 0.258 e. The topological polar surface area (TPSA) is 67.1 Å². The van der Waals surface area contributed by atoms with Crippen LogP contribution >= 0.6 is 0 Å². The van der Waals surface area contributed by atoms with Gasteiger partial charge in [-0.2, -0.15) is 0 Å². The van der Waals surface area contributed by atoms with Gasteiger partial charge < -0.3 is 9.84 Å². The lowest BCUT2D eigenvalue weighted by molar-refractivity contribution is -0.0553. The van der Waals surface area contributed by atoms with E-state index < -0.39 is 0 Å². The zero-order chi connectivity index (χ0) is 14.8. The molecule has 0 aromatic carbocycles. The van der Waals surface area contributed by atoms with Gasteiger partial charge in [0.05, 0.1) is 25.0 Å². The highest BCUT2D eigenvalue weighted by atomic mass is 16.5. The lowest BCUT2D eigenvalue weighted by Crippen LogP contribution is -2.43. The van der Waals surface area contributed by atoms with Crippen LogP contribution in [0.3, 0.4) is 0 Å². The predicted octanol–water partition coefficient (Wildman–Crippen LogP) is 0.196. The van der Waals surface area contributed by atoms with Gasteiger partial charge in [0.15, 0.2) is 0 Å². The molecule has 21 heavy (non-hydrogen) atoms. The van der Waals surface area contributed by atoms with Crippen LogP contribution in [0.2, 0.25) is 0 Å². The molecule has 0 aliphatic carbocycles. The van der Waals surface area contributed by atoms with E-state index in [1.807, 2.05) is 19.1 Å². The normalized spacial score (nSPS) is 20.0. The van der Waals surface area contributed by atoms with Gasteiger partial charge in [-0.1, -0.05) is 6.07 Å². The molecule has 1 aliphatic heterocycles. The number of pyridine rings is 1. The van der Waals surface area contributed by atoms with E-state index in [1.165, 1.54) is 0 Å². The number of aliphatic hydroxyl groups excluding tert-OH is 1.